The zero-order valence-corrected chi connectivity index (χ0v) is 20.7. The Labute approximate surface area is 205 Å². The molecule has 174 valence electrons. The Balaban J connectivity index is 1.28. The third kappa shape index (κ3) is 6.09. The van der Waals surface area contributed by atoms with Crippen molar-refractivity contribution < 1.29 is 9.59 Å². The average molecular weight is 493 g/mol. The van der Waals surface area contributed by atoms with Crippen LogP contribution in [-0.4, -0.2) is 37.3 Å². The van der Waals surface area contributed by atoms with E-state index in [0.29, 0.717) is 16.1 Å². The standard InChI is InChI=1S/C24H24N6O2S2/c1-15-4-8-17(9-5-15)19-13-33-23(26-19)27-22(32)14-34-24-29-28-20(30(24)3)12-21(31)25-18-10-6-16(2)7-11-18/h4-11,13H,12,14H2,1-3H3,(H,25,31)(H,26,27,32). The quantitative estimate of drug-likeness (QED) is 0.352. The summed E-state index contributed by atoms with van der Waals surface area (Å²) in [4.78, 5) is 29.3. The summed E-state index contributed by atoms with van der Waals surface area (Å²) in [6.45, 7) is 4.03. The molecule has 2 N–H and O–H groups in total. The van der Waals surface area contributed by atoms with Crippen molar-refractivity contribution in [2.45, 2.75) is 25.4 Å². The van der Waals surface area contributed by atoms with Gasteiger partial charge in [0.2, 0.25) is 11.8 Å². The van der Waals surface area contributed by atoms with Gasteiger partial charge in [-0.2, -0.15) is 0 Å². The predicted molar refractivity (Wildman–Crippen MR) is 136 cm³/mol. The third-order valence-corrected chi connectivity index (χ3v) is 6.79. The van der Waals surface area contributed by atoms with Crippen LogP contribution in [0.1, 0.15) is 17.0 Å². The molecule has 0 bridgehead atoms. The van der Waals surface area contributed by atoms with Crippen LogP contribution >= 0.6 is 23.1 Å². The Morgan fingerprint density at radius 2 is 1.62 bits per heavy atom. The van der Waals surface area contributed by atoms with E-state index in [-0.39, 0.29) is 24.0 Å². The highest BCUT2D eigenvalue weighted by Crippen LogP contribution is 2.25. The lowest BCUT2D eigenvalue weighted by atomic mass is 10.1. The average Bonchev–Trinajstić information content (AvgIpc) is 3.41. The van der Waals surface area contributed by atoms with E-state index in [1.54, 1.807) is 11.6 Å². The van der Waals surface area contributed by atoms with E-state index in [2.05, 4.69) is 25.8 Å². The number of nitrogens with zero attached hydrogens (tertiary/aromatic N) is 4. The maximum Gasteiger partial charge on any atom is 0.236 e. The number of rotatable bonds is 8. The molecule has 2 heterocycles. The molecule has 0 spiro atoms. The van der Waals surface area contributed by atoms with Crippen LogP contribution in [0.3, 0.4) is 0 Å². The molecule has 2 aromatic carbocycles. The Morgan fingerprint density at radius 1 is 0.941 bits per heavy atom. The van der Waals surface area contributed by atoms with Crippen molar-refractivity contribution >= 4 is 45.7 Å². The second-order valence-electron chi connectivity index (χ2n) is 7.79. The SMILES string of the molecule is Cc1ccc(NC(=O)Cc2nnc(SCC(=O)Nc3nc(-c4ccc(C)cc4)cs3)n2C)cc1. The van der Waals surface area contributed by atoms with Crippen LogP contribution in [0.5, 0.6) is 0 Å². The Kier molecular flexibility index (Phi) is 7.39. The minimum absolute atomic E-state index is 0.0883. The molecular weight excluding hydrogens is 468 g/mol. The van der Waals surface area contributed by atoms with Gasteiger partial charge in [0.1, 0.15) is 5.82 Å². The van der Waals surface area contributed by atoms with Gasteiger partial charge in [-0.3, -0.25) is 9.59 Å². The van der Waals surface area contributed by atoms with E-state index >= 15 is 0 Å². The van der Waals surface area contributed by atoms with Gasteiger partial charge in [0.05, 0.1) is 17.9 Å². The van der Waals surface area contributed by atoms with Crippen molar-refractivity contribution in [1.82, 2.24) is 19.7 Å². The van der Waals surface area contributed by atoms with E-state index in [9.17, 15) is 9.59 Å². The third-order valence-electron chi connectivity index (χ3n) is 5.01. The molecule has 2 amide bonds. The number of thioether (sulfide) groups is 1. The van der Waals surface area contributed by atoms with Gasteiger partial charge in [0.15, 0.2) is 10.3 Å². The number of thiazole rings is 1. The summed E-state index contributed by atoms with van der Waals surface area (Å²) in [6.07, 6.45) is 0.0883. The van der Waals surface area contributed by atoms with Gasteiger partial charge in [0, 0.05) is 23.7 Å². The smallest absolute Gasteiger partial charge is 0.236 e. The minimum Gasteiger partial charge on any atom is -0.326 e. The molecule has 0 saturated heterocycles. The summed E-state index contributed by atoms with van der Waals surface area (Å²) in [6, 6.07) is 15.7. The molecule has 0 saturated carbocycles. The Hall–Kier alpha value is -3.50. The number of carbonyl (C=O) groups is 2. The fraction of sp³-hybridized carbons (Fsp3) is 0.208. The van der Waals surface area contributed by atoms with Gasteiger partial charge in [-0.25, -0.2) is 4.98 Å². The van der Waals surface area contributed by atoms with Crippen LogP contribution in [0.4, 0.5) is 10.8 Å². The largest absolute Gasteiger partial charge is 0.326 e. The number of aromatic nitrogens is 4. The van der Waals surface area contributed by atoms with Crippen LogP contribution in [0.2, 0.25) is 0 Å². The van der Waals surface area contributed by atoms with Crippen LogP contribution in [0, 0.1) is 13.8 Å². The molecule has 34 heavy (non-hydrogen) atoms. The summed E-state index contributed by atoms with van der Waals surface area (Å²) in [7, 11) is 1.78. The van der Waals surface area contributed by atoms with Crippen molar-refractivity contribution in [1.29, 1.82) is 0 Å². The predicted octanol–water partition coefficient (Wildman–Crippen LogP) is 4.47. The minimum atomic E-state index is -0.184. The summed E-state index contributed by atoms with van der Waals surface area (Å²) >= 11 is 2.64. The lowest BCUT2D eigenvalue weighted by Gasteiger charge is -2.06. The van der Waals surface area contributed by atoms with Crippen molar-refractivity contribution in [2.24, 2.45) is 7.05 Å². The fourth-order valence-corrected chi connectivity index (χ4v) is 4.55. The first-order valence-electron chi connectivity index (χ1n) is 10.6. The number of hydrogen-bond donors (Lipinski definition) is 2. The summed E-state index contributed by atoms with van der Waals surface area (Å²) < 4.78 is 1.73. The highest BCUT2D eigenvalue weighted by Gasteiger charge is 2.15. The molecule has 4 aromatic rings. The zero-order valence-electron chi connectivity index (χ0n) is 19.0. The van der Waals surface area contributed by atoms with Gasteiger partial charge in [-0.15, -0.1) is 21.5 Å². The maximum absolute atomic E-state index is 12.4. The Morgan fingerprint density at radius 3 is 2.32 bits per heavy atom. The van der Waals surface area contributed by atoms with Crippen molar-refractivity contribution in [2.75, 3.05) is 16.4 Å². The number of hydrogen-bond acceptors (Lipinski definition) is 7. The second-order valence-corrected chi connectivity index (χ2v) is 9.59. The molecule has 8 nitrogen and oxygen atoms in total. The molecular formula is C24H24N6O2S2. The van der Waals surface area contributed by atoms with E-state index in [4.69, 9.17) is 0 Å². The van der Waals surface area contributed by atoms with Gasteiger partial charge in [-0.1, -0.05) is 59.3 Å². The van der Waals surface area contributed by atoms with Gasteiger partial charge in [-0.05, 0) is 26.0 Å². The van der Waals surface area contributed by atoms with Crippen LogP contribution in [-0.2, 0) is 23.1 Å². The van der Waals surface area contributed by atoms with Crippen LogP contribution < -0.4 is 10.6 Å². The number of aryl methyl sites for hydroxylation is 2. The van der Waals surface area contributed by atoms with E-state index in [1.807, 2.05) is 67.8 Å². The molecule has 0 atom stereocenters. The zero-order chi connectivity index (χ0) is 24.1. The highest BCUT2D eigenvalue weighted by molar-refractivity contribution is 7.99. The van der Waals surface area contributed by atoms with Crippen LogP contribution in [0.25, 0.3) is 11.3 Å². The number of amides is 2. The van der Waals surface area contributed by atoms with Crippen LogP contribution in [0.15, 0.2) is 59.1 Å². The monoisotopic (exact) mass is 492 g/mol. The van der Waals surface area contributed by atoms with E-state index < -0.39 is 0 Å². The molecule has 0 radical (unpaired) electrons. The first-order valence-corrected chi connectivity index (χ1v) is 12.4. The lowest BCUT2D eigenvalue weighted by molar-refractivity contribution is -0.116. The van der Waals surface area contributed by atoms with Gasteiger partial charge >= 0.3 is 0 Å². The molecule has 0 aliphatic heterocycles. The lowest BCUT2D eigenvalue weighted by Crippen LogP contribution is -2.17. The fourth-order valence-electron chi connectivity index (χ4n) is 3.08. The summed E-state index contributed by atoms with van der Waals surface area (Å²) in [5.74, 6) is 0.314. The van der Waals surface area contributed by atoms with Gasteiger partial charge < -0.3 is 15.2 Å². The van der Waals surface area contributed by atoms with Crippen molar-refractivity contribution in [3.05, 3.63) is 70.9 Å². The number of benzene rings is 2. The second kappa shape index (κ2) is 10.6. The molecule has 0 aliphatic carbocycles. The van der Waals surface area contributed by atoms with Crippen molar-refractivity contribution in [3.63, 3.8) is 0 Å². The molecule has 0 aliphatic rings. The Bertz CT molecular complexity index is 1300. The number of nitrogens with one attached hydrogen (secondary N) is 2. The molecule has 4 rings (SSSR count). The number of carbonyl (C=O) groups excluding carboxylic acids is 2. The topological polar surface area (TPSA) is 102 Å². The van der Waals surface area contributed by atoms with Gasteiger partial charge in [0.25, 0.3) is 0 Å². The maximum atomic E-state index is 12.4. The first-order chi connectivity index (χ1) is 16.4. The molecule has 0 unspecified atom stereocenters. The van der Waals surface area contributed by atoms with Crippen molar-refractivity contribution in [3.8, 4) is 11.3 Å². The van der Waals surface area contributed by atoms with E-state index in [1.165, 1.54) is 28.7 Å². The number of anilines is 2. The normalized spacial score (nSPS) is 10.8. The first kappa shape index (κ1) is 23.7. The highest BCUT2D eigenvalue weighted by atomic mass is 32.2. The van der Waals surface area contributed by atoms with E-state index in [0.717, 1.165) is 22.5 Å². The summed E-state index contributed by atoms with van der Waals surface area (Å²) in [5, 5.41) is 16.9. The molecule has 0 fully saturated rings. The molecule has 2 aromatic heterocycles. The summed E-state index contributed by atoms with van der Waals surface area (Å²) in [5.41, 5.74) is 4.88. The molecule has 10 heteroatoms.